The van der Waals surface area contributed by atoms with Crippen molar-refractivity contribution in [3.63, 3.8) is 0 Å². The van der Waals surface area contributed by atoms with Gasteiger partial charge in [0.15, 0.2) is 22.3 Å². The number of nitro groups is 1. The van der Waals surface area contributed by atoms with Crippen LogP contribution in [-0.2, 0) is 6.42 Å². The lowest BCUT2D eigenvalue weighted by molar-refractivity contribution is -0.385. The Morgan fingerprint density at radius 2 is 1.97 bits per heavy atom. The third kappa shape index (κ3) is 3.52. The van der Waals surface area contributed by atoms with Crippen molar-refractivity contribution in [1.82, 2.24) is 10.2 Å². The first-order chi connectivity index (χ1) is 14.8. The highest BCUT2D eigenvalue weighted by Crippen LogP contribution is 2.48. The number of non-ortho nitro benzene ring substituents is 1. The summed E-state index contributed by atoms with van der Waals surface area (Å²) < 4.78 is 17.1. The van der Waals surface area contributed by atoms with Crippen LogP contribution in [0.5, 0.6) is 17.2 Å². The van der Waals surface area contributed by atoms with Gasteiger partial charge in [0.25, 0.3) is 5.69 Å². The summed E-state index contributed by atoms with van der Waals surface area (Å²) in [6.07, 6.45) is 0.728. The SMILES string of the molecule is COc1ccc(CCN2C(=S)N[C@@H]3c4cc([N+](=O)[O-])ccc4O[C@@]2(C)[C@H]3C)cc1OC. The Morgan fingerprint density at radius 1 is 1.23 bits per heavy atom. The van der Waals surface area contributed by atoms with E-state index in [1.165, 1.54) is 6.07 Å². The Balaban J connectivity index is 1.60. The van der Waals surface area contributed by atoms with Gasteiger partial charge in [0.1, 0.15) is 5.75 Å². The van der Waals surface area contributed by atoms with E-state index < -0.39 is 10.6 Å². The number of fused-ring (bicyclic) bond motifs is 4. The fraction of sp³-hybridized carbons (Fsp3) is 0.409. The summed E-state index contributed by atoms with van der Waals surface area (Å²) in [4.78, 5) is 12.9. The zero-order valence-electron chi connectivity index (χ0n) is 17.9. The number of nitrogens with one attached hydrogen (secondary N) is 1. The minimum atomic E-state index is -0.674. The van der Waals surface area contributed by atoms with Gasteiger partial charge in [-0.1, -0.05) is 13.0 Å². The number of methoxy groups -OCH3 is 2. The Labute approximate surface area is 186 Å². The van der Waals surface area contributed by atoms with Crippen molar-refractivity contribution in [3.8, 4) is 17.2 Å². The highest BCUT2D eigenvalue weighted by atomic mass is 32.1. The van der Waals surface area contributed by atoms with Crippen molar-refractivity contribution in [3.05, 3.63) is 57.6 Å². The predicted molar refractivity (Wildman–Crippen MR) is 120 cm³/mol. The second kappa shape index (κ2) is 7.88. The molecule has 4 rings (SSSR count). The summed E-state index contributed by atoms with van der Waals surface area (Å²) in [7, 11) is 3.23. The van der Waals surface area contributed by atoms with Crippen LogP contribution in [0.1, 0.15) is 31.0 Å². The molecule has 1 N–H and O–H groups in total. The zero-order chi connectivity index (χ0) is 22.3. The summed E-state index contributed by atoms with van der Waals surface area (Å²) >= 11 is 5.68. The molecule has 0 amide bonds. The number of ether oxygens (including phenoxy) is 3. The molecule has 164 valence electrons. The van der Waals surface area contributed by atoms with E-state index in [4.69, 9.17) is 26.4 Å². The zero-order valence-corrected chi connectivity index (χ0v) is 18.7. The normalized spacial score (nSPS) is 24.0. The van der Waals surface area contributed by atoms with E-state index in [1.807, 2.05) is 25.1 Å². The van der Waals surface area contributed by atoms with Crippen LogP contribution < -0.4 is 19.5 Å². The molecule has 0 aromatic heterocycles. The van der Waals surface area contributed by atoms with E-state index in [1.54, 1.807) is 26.4 Å². The summed E-state index contributed by atoms with van der Waals surface area (Å²) in [5, 5.41) is 15.2. The molecule has 2 aliphatic rings. The third-order valence-electron chi connectivity index (χ3n) is 6.33. The topological polar surface area (TPSA) is 86.1 Å². The quantitative estimate of drug-likeness (QED) is 0.410. The number of benzene rings is 2. The molecule has 1 saturated heterocycles. The summed E-state index contributed by atoms with van der Waals surface area (Å²) in [6, 6.07) is 10.4. The van der Waals surface area contributed by atoms with Crippen LogP contribution in [0.4, 0.5) is 5.69 Å². The van der Waals surface area contributed by atoms with Crippen molar-refractivity contribution >= 4 is 23.0 Å². The fourth-order valence-corrected chi connectivity index (χ4v) is 4.80. The summed E-state index contributed by atoms with van der Waals surface area (Å²) in [5.41, 5.74) is 1.22. The Hall–Kier alpha value is -3.07. The maximum absolute atomic E-state index is 11.2. The van der Waals surface area contributed by atoms with Gasteiger partial charge >= 0.3 is 0 Å². The minimum absolute atomic E-state index is 0.0131. The van der Waals surface area contributed by atoms with Gasteiger partial charge in [0, 0.05) is 30.2 Å². The molecule has 2 heterocycles. The van der Waals surface area contributed by atoms with Gasteiger partial charge in [-0.25, -0.2) is 0 Å². The monoisotopic (exact) mass is 443 g/mol. The van der Waals surface area contributed by atoms with Gasteiger partial charge in [-0.05, 0) is 49.3 Å². The highest BCUT2D eigenvalue weighted by Gasteiger charge is 2.53. The lowest BCUT2D eigenvalue weighted by Crippen LogP contribution is -2.69. The first-order valence-electron chi connectivity index (χ1n) is 10.0. The highest BCUT2D eigenvalue weighted by molar-refractivity contribution is 7.80. The molecule has 2 aromatic carbocycles. The number of thiocarbonyl (C=S) groups is 1. The molecule has 1 fully saturated rings. The lowest BCUT2D eigenvalue weighted by Gasteiger charge is -2.56. The molecule has 0 unspecified atom stereocenters. The minimum Gasteiger partial charge on any atom is -0.493 e. The molecule has 2 bridgehead atoms. The van der Waals surface area contributed by atoms with Gasteiger partial charge in [-0.15, -0.1) is 0 Å². The standard InChI is InChI=1S/C22H25N3O5S/c1-13-20-16-12-15(25(26)27)6-8-17(16)30-22(13,2)24(21(31)23-20)10-9-14-5-7-18(28-3)19(11-14)29-4/h5-8,11-13,20H,9-10H2,1-4H3,(H,23,31)/t13-,20-,22-/m0/s1. The summed E-state index contributed by atoms with van der Waals surface area (Å²) in [6.45, 7) is 4.73. The molecule has 0 aliphatic carbocycles. The number of nitrogens with zero attached hydrogens (tertiary/aromatic N) is 2. The van der Waals surface area contributed by atoms with Crippen LogP contribution in [0.15, 0.2) is 36.4 Å². The maximum Gasteiger partial charge on any atom is 0.270 e. The third-order valence-corrected chi connectivity index (χ3v) is 6.67. The van der Waals surface area contributed by atoms with E-state index in [-0.39, 0.29) is 17.6 Å². The van der Waals surface area contributed by atoms with Crippen molar-refractivity contribution in [2.45, 2.75) is 32.0 Å². The molecule has 2 aliphatic heterocycles. The summed E-state index contributed by atoms with van der Waals surface area (Å²) in [5.74, 6) is 2.02. The van der Waals surface area contributed by atoms with Crippen LogP contribution in [0.25, 0.3) is 0 Å². The largest absolute Gasteiger partial charge is 0.493 e. The van der Waals surface area contributed by atoms with Crippen LogP contribution in [0.3, 0.4) is 0 Å². The van der Waals surface area contributed by atoms with E-state index in [9.17, 15) is 10.1 Å². The number of hydrogen-bond donors (Lipinski definition) is 1. The van der Waals surface area contributed by atoms with Crippen LogP contribution in [-0.4, -0.2) is 41.4 Å². The van der Waals surface area contributed by atoms with E-state index in [0.29, 0.717) is 28.9 Å². The van der Waals surface area contributed by atoms with Gasteiger partial charge in [-0.3, -0.25) is 10.1 Å². The predicted octanol–water partition coefficient (Wildman–Crippen LogP) is 3.83. The Bertz CT molecular complexity index is 1050. The van der Waals surface area contributed by atoms with Crippen LogP contribution in [0.2, 0.25) is 0 Å². The Kier molecular flexibility index (Phi) is 5.38. The van der Waals surface area contributed by atoms with E-state index in [0.717, 1.165) is 17.5 Å². The molecule has 0 spiro atoms. The van der Waals surface area contributed by atoms with Crippen molar-refractivity contribution in [2.75, 3.05) is 20.8 Å². The second-order valence-electron chi connectivity index (χ2n) is 7.94. The number of hydrogen-bond acceptors (Lipinski definition) is 6. The van der Waals surface area contributed by atoms with Crippen molar-refractivity contribution in [1.29, 1.82) is 0 Å². The smallest absolute Gasteiger partial charge is 0.270 e. The number of nitro benzene ring substituents is 1. The first kappa shape index (κ1) is 21.2. The van der Waals surface area contributed by atoms with Crippen molar-refractivity contribution in [2.24, 2.45) is 5.92 Å². The average molecular weight is 444 g/mol. The van der Waals surface area contributed by atoms with Gasteiger partial charge in [-0.2, -0.15) is 0 Å². The average Bonchev–Trinajstić information content (AvgIpc) is 2.75. The van der Waals surface area contributed by atoms with E-state index in [2.05, 4.69) is 17.1 Å². The Morgan fingerprint density at radius 3 is 2.65 bits per heavy atom. The molecule has 9 heteroatoms. The molecule has 31 heavy (non-hydrogen) atoms. The maximum atomic E-state index is 11.2. The second-order valence-corrected chi connectivity index (χ2v) is 8.33. The molecule has 0 saturated carbocycles. The van der Waals surface area contributed by atoms with Crippen molar-refractivity contribution < 1.29 is 19.1 Å². The van der Waals surface area contributed by atoms with Gasteiger partial charge in [0.2, 0.25) is 0 Å². The fourth-order valence-electron chi connectivity index (χ4n) is 4.40. The van der Waals surface area contributed by atoms with Crippen LogP contribution >= 0.6 is 12.2 Å². The van der Waals surface area contributed by atoms with Gasteiger partial charge < -0.3 is 24.4 Å². The first-order valence-corrected chi connectivity index (χ1v) is 10.5. The van der Waals surface area contributed by atoms with Gasteiger partial charge in [0.05, 0.1) is 25.2 Å². The molecule has 0 radical (unpaired) electrons. The van der Waals surface area contributed by atoms with E-state index >= 15 is 0 Å². The number of rotatable bonds is 6. The van der Waals surface area contributed by atoms with Crippen LogP contribution in [0, 0.1) is 16.0 Å². The molecule has 2 aromatic rings. The molecule has 8 nitrogen and oxygen atoms in total. The lowest BCUT2D eigenvalue weighted by atomic mass is 9.80. The molecule has 3 atom stereocenters. The molecular formula is C22H25N3O5S. The molecular weight excluding hydrogens is 418 g/mol.